The van der Waals surface area contributed by atoms with E-state index in [1.807, 2.05) is 30.3 Å². The summed E-state index contributed by atoms with van der Waals surface area (Å²) in [6.45, 7) is 0.407. The van der Waals surface area contributed by atoms with E-state index < -0.39 is 0 Å². The third-order valence-electron chi connectivity index (χ3n) is 3.17. The third-order valence-corrected chi connectivity index (χ3v) is 4.06. The van der Waals surface area contributed by atoms with Crippen LogP contribution in [0.25, 0.3) is 4.48 Å². The number of aromatic nitrogens is 2. The van der Waals surface area contributed by atoms with Crippen molar-refractivity contribution in [2.45, 2.75) is 13.0 Å². The molecule has 0 radical (unpaired) electrons. The quantitative estimate of drug-likeness (QED) is 0.766. The summed E-state index contributed by atoms with van der Waals surface area (Å²) in [5.41, 5.74) is 2.79. The van der Waals surface area contributed by atoms with E-state index in [0.29, 0.717) is 12.5 Å². The summed E-state index contributed by atoms with van der Waals surface area (Å²) in [6.07, 6.45) is 2.76. The Morgan fingerprint density at radius 3 is 2.71 bits per heavy atom. The second kappa shape index (κ2) is 6.03. The van der Waals surface area contributed by atoms with Crippen molar-refractivity contribution in [1.29, 1.82) is 0 Å². The van der Waals surface area contributed by atoms with Crippen molar-refractivity contribution in [3.05, 3.63) is 52.4 Å². The van der Waals surface area contributed by atoms with Crippen molar-refractivity contribution in [2.24, 2.45) is 0 Å². The van der Waals surface area contributed by atoms with Gasteiger partial charge in [0.25, 0.3) is 0 Å². The Balaban J connectivity index is 1.80. The van der Waals surface area contributed by atoms with Crippen LogP contribution in [0.4, 0.5) is 0 Å². The summed E-state index contributed by atoms with van der Waals surface area (Å²) < 4.78 is 11.9. The highest BCUT2D eigenvalue weighted by Crippen LogP contribution is 2.37. The first kappa shape index (κ1) is 14.4. The van der Waals surface area contributed by atoms with Crippen molar-refractivity contribution < 1.29 is 9.47 Å². The van der Waals surface area contributed by atoms with Gasteiger partial charge in [0.2, 0.25) is 11.2 Å². The smallest absolute Gasteiger partial charge is 0.226 e. The van der Waals surface area contributed by atoms with Gasteiger partial charge in [-0.15, -0.1) is 0 Å². The fraction of sp³-hybridized carbons (Fsp3) is 0.200. The van der Waals surface area contributed by atoms with Crippen molar-refractivity contribution in [3.8, 4) is 11.6 Å². The number of allylic oxidation sites excluding steroid dienone is 1. The van der Waals surface area contributed by atoms with Crippen LogP contribution >= 0.6 is 27.5 Å². The largest absolute Gasteiger partial charge is 0.497 e. The van der Waals surface area contributed by atoms with Gasteiger partial charge in [0, 0.05) is 10.9 Å². The van der Waals surface area contributed by atoms with Gasteiger partial charge < -0.3 is 9.47 Å². The first-order chi connectivity index (χ1) is 10.2. The molecule has 108 valence electrons. The third kappa shape index (κ3) is 3.04. The molecule has 0 saturated carbocycles. The maximum atomic E-state index is 5.94. The van der Waals surface area contributed by atoms with Crippen LogP contribution in [-0.2, 0) is 13.0 Å². The molecule has 0 saturated heterocycles. The molecule has 6 heteroatoms. The van der Waals surface area contributed by atoms with Gasteiger partial charge >= 0.3 is 0 Å². The molecule has 0 bridgehead atoms. The fourth-order valence-electron chi connectivity index (χ4n) is 2.11. The molecule has 0 N–H and O–H groups in total. The Morgan fingerprint density at radius 1 is 1.24 bits per heavy atom. The van der Waals surface area contributed by atoms with E-state index in [9.17, 15) is 0 Å². The maximum Gasteiger partial charge on any atom is 0.226 e. The predicted molar refractivity (Wildman–Crippen MR) is 85.0 cm³/mol. The van der Waals surface area contributed by atoms with Gasteiger partial charge in [0.05, 0.1) is 18.4 Å². The molecule has 3 rings (SSSR count). The van der Waals surface area contributed by atoms with E-state index in [1.54, 1.807) is 7.11 Å². The van der Waals surface area contributed by atoms with E-state index in [1.165, 1.54) is 0 Å². The predicted octanol–water partition coefficient (Wildman–Crippen LogP) is 4.01. The number of methoxy groups -OCH3 is 1. The molecule has 1 aromatic heterocycles. The number of nitrogens with zero attached hydrogens (tertiary/aromatic N) is 2. The molecule has 1 heterocycles. The van der Waals surface area contributed by atoms with Crippen LogP contribution < -0.4 is 9.47 Å². The number of hydrogen-bond acceptors (Lipinski definition) is 4. The molecule has 1 aromatic carbocycles. The van der Waals surface area contributed by atoms with E-state index in [4.69, 9.17) is 21.1 Å². The summed E-state index contributed by atoms with van der Waals surface area (Å²) in [5.74, 6) is 1.32. The number of hydrogen-bond donors (Lipinski definition) is 0. The normalized spacial score (nSPS) is 12.8. The zero-order valence-corrected chi connectivity index (χ0v) is 13.6. The lowest BCUT2D eigenvalue weighted by Crippen LogP contribution is -2.03. The molecular formula is C15H12BrClN2O2. The van der Waals surface area contributed by atoms with Crippen LogP contribution in [0.5, 0.6) is 11.6 Å². The molecule has 1 aliphatic rings. The molecule has 0 spiro atoms. The summed E-state index contributed by atoms with van der Waals surface area (Å²) in [4.78, 5) is 8.40. The van der Waals surface area contributed by atoms with Crippen LogP contribution in [0.3, 0.4) is 0 Å². The average molecular weight is 368 g/mol. The Labute approximate surface area is 135 Å². The zero-order valence-electron chi connectivity index (χ0n) is 11.3. The summed E-state index contributed by atoms with van der Waals surface area (Å²) in [5, 5.41) is 0.203. The molecule has 0 atom stereocenters. The van der Waals surface area contributed by atoms with Gasteiger partial charge in [-0.05, 0) is 29.3 Å². The van der Waals surface area contributed by atoms with Crippen molar-refractivity contribution >= 4 is 32.0 Å². The number of fused-ring (bicyclic) bond motifs is 1. The molecule has 0 aliphatic heterocycles. The van der Waals surface area contributed by atoms with E-state index in [0.717, 1.165) is 33.5 Å². The lowest BCUT2D eigenvalue weighted by Gasteiger charge is -2.10. The number of halogens is 2. The number of benzene rings is 1. The minimum absolute atomic E-state index is 0.203. The Bertz CT molecular complexity index is 702. The summed E-state index contributed by atoms with van der Waals surface area (Å²) in [7, 11) is 1.64. The monoisotopic (exact) mass is 366 g/mol. The molecular weight excluding hydrogens is 356 g/mol. The molecule has 1 aliphatic carbocycles. The fourth-order valence-corrected chi connectivity index (χ4v) is 2.85. The highest BCUT2D eigenvalue weighted by molar-refractivity contribution is 9.15. The van der Waals surface area contributed by atoms with E-state index >= 15 is 0 Å². The Kier molecular flexibility index (Phi) is 4.12. The minimum Gasteiger partial charge on any atom is -0.497 e. The average Bonchev–Trinajstić information content (AvgIpc) is 2.86. The van der Waals surface area contributed by atoms with Gasteiger partial charge in [-0.3, -0.25) is 0 Å². The topological polar surface area (TPSA) is 44.2 Å². The molecule has 0 fully saturated rings. The van der Waals surface area contributed by atoms with Crippen LogP contribution in [0.2, 0.25) is 5.28 Å². The van der Waals surface area contributed by atoms with Crippen molar-refractivity contribution in [2.75, 3.05) is 7.11 Å². The Morgan fingerprint density at radius 2 is 2.00 bits per heavy atom. The number of ether oxygens (including phenoxy) is 2. The zero-order chi connectivity index (χ0) is 14.8. The molecule has 0 unspecified atom stereocenters. The lowest BCUT2D eigenvalue weighted by molar-refractivity contribution is 0.292. The summed E-state index contributed by atoms with van der Waals surface area (Å²) in [6, 6.07) is 7.69. The number of rotatable bonds is 4. The SMILES string of the molecule is COc1ccc(COc2nc(Cl)nc3c2C(Br)=CC3)cc1. The van der Waals surface area contributed by atoms with Crippen LogP contribution in [0.15, 0.2) is 30.3 Å². The molecule has 2 aromatic rings. The van der Waals surface area contributed by atoms with Gasteiger partial charge in [0.15, 0.2) is 0 Å². The van der Waals surface area contributed by atoms with Gasteiger partial charge in [-0.25, -0.2) is 4.98 Å². The highest BCUT2D eigenvalue weighted by atomic mass is 79.9. The van der Waals surface area contributed by atoms with Gasteiger partial charge in [-0.1, -0.05) is 34.1 Å². The van der Waals surface area contributed by atoms with Crippen LogP contribution in [0.1, 0.15) is 16.8 Å². The molecule has 4 nitrogen and oxygen atoms in total. The second-order valence-corrected chi connectivity index (χ2v) is 5.70. The van der Waals surface area contributed by atoms with Crippen LogP contribution in [-0.4, -0.2) is 17.1 Å². The second-order valence-electron chi connectivity index (χ2n) is 4.51. The van der Waals surface area contributed by atoms with Crippen molar-refractivity contribution in [3.63, 3.8) is 0 Å². The van der Waals surface area contributed by atoms with Crippen LogP contribution in [0, 0.1) is 0 Å². The highest BCUT2D eigenvalue weighted by Gasteiger charge is 2.21. The van der Waals surface area contributed by atoms with Crippen molar-refractivity contribution in [1.82, 2.24) is 9.97 Å². The van der Waals surface area contributed by atoms with E-state index in [-0.39, 0.29) is 5.28 Å². The minimum atomic E-state index is 0.203. The first-order valence-electron chi connectivity index (χ1n) is 6.35. The first-order valence-corrected chi connectivity index (χ1v) is 7.52. The molecule has 21 heavy (non-hydrogen) atoms. The Hall–Kier alpha value is -1.59. The van der Waals surface area contributed by atoms with Gasteiger partial charge in [-0.2, -0.15) is 4.98 Å². The maximum absolute atomic E-state index is 5.94. The lowest BCUT2D eigenvalue weighted by atomic mass is 10.2. The van der Waals surface area contributed by atoms with E-state index in [2.05, 4.69) is 25.9 Å². The summed E-state index contributed by atoms with van der Waals surface area (Å²) >= 11 is 9.44. The van der Waals surface area contributed by atoms with Gasteiger partial charge in [0.1, 0.15) is 12.4 Å². The standard InChI is InChI=1S/C15H12BrClN2O2/c1-20-10-4-2-9(3-5-10)8-21-14-13-11(16)6-7-12(13)18-15(17)19-14/h2-6H,7-8H2,1H3. The molecule has 0 amide bonds.